The number of nitrogens with one attached hydrogen (secondary N) is 2. The van der Waals surface area contributed by atoms with Crippen LogP contribution < -0.4 is 15.5 Å². The maximum absolute atomic E-state index is 13.3. The molecule has 1 aromatic carbocycles. The second-order valence-corrected chi connectivity index (χ2v) is 8.39. The van der Waals surface area contributed by atoms with Gasteiger partial charge < -0.3 is 15.0 Å². The van der Waals surface area contributed by atoms with Crippen molar-refractivity contribution in [2.75, 3.05) is 37.7 Å². The van der Waals surface area contributed by atoms with Gasteiger partial charge in [0.1, 0.15) is 6.04 Å². The Morgan fingerprint density at radius 3 is 2.57 bits per heavy atom. The average Bonchev–Trinajstić information content (AvgIpc) is 3.00. The minimum atomic E-state index is -0.948. The average molecular weight is 412 g/mol. The summed E-state index contributed by atoms with van der Waals surface area (Å²) in [6.07, 6.45) is 2.04. The number of rotatable bonds is 2. The summed E-state index contributed by atoms with van der Waals surface area (Å²) in [4.78, 5) is 53.2. The fourth-order valence-corrected chi connectivity index (χ4v) is 4.96. The van der Waals surface area contributed by atoms with Gasteiger partial charge in [0.25, 0.3) is 11.8 Å². The van der Waals surface area contributed by atoms with Gasteiger partial charge in [-0.3, -0.25) is 29.4 Å². The third-order valence-electron chi connectivity index (χ3n) is 6.63. The summed E-state index contributed by atoms with van der Waals surface area (Å²) in [6.45, 7) is 3.74. The molecule has 9 nitrogen and oxygen atoms in total. The Bertz CT molecular complexity index is 929. The highest BCUT2D eigenvalue weighted by molar-refractivity contribution is 6.25. The molecule has 2 N–H and O–H groups in total. The van der Waals surface area contributed by atoms with Crippen LogP contribution in [0.2, 0.25) is 0 Å². The zero-order valence-electron chi connectivity index (χ0n) is 16.6. The Morgan fingerprint density at radius 1 is 1.07 bits per heavy atom. The molecule has 1 unspecified atom stereocenters. The molecule has 0 aliphatic carbocycles. The minimum absolute atomic E-state index is 0.0225. The number of morpholine rings is 1. The van der Waals surface area contributed by atoms with E-state index in [1.54, 1.807) is 12.1 Å². The number of amides is 4. The zero-order chi connectivity index (χ0) is 20.9. The van der Waals surface area contributed by atoms with Crippen LogP contribution in [0, 0.1) is 0 Å². The summed E-state index contributed by atoms with van der Waals surface area (Å²) in [7, 11) is 0. The van der Waals surface area contributed by atoms with E-state index in [0.717, 1.165) is 49.7 Å². The third kappa shape index (κ3) is 3.00. The summed E-state index contributed by atoms with van der Waals surface area (Å²) < 4.78 is 5.66. The predicted octanol–water partition coefficient (Wildman–Crippen LogP) is 0.0466. The largest absolute Gasteiger partial charge is 0.378 e. The van der Waals surface area contributed by atoms with E-state index >= 15 is 0 Å². The number of fused-ring (bicyclic) bond motifs is 1. The Kier molecular flexibility index (Phi) is 4.59. The van der Waals surface area contributed by atoms with Crippen molar-refractivity contribution in [1.82, 2.24) is 15.5 Å². The molecule has 0 saturated carbocycles. The van der Waals surface area contributed by atoms with Crippen LogP contribution in [0.25, 0.3) is 0 Å². The first-order chi connectivity index (χ1) is 14.5. The molecule has 4 amide bonds. The molecule has 4 heterocycles. The SMILES string of the molecule is O=C1CCC(N2C(=O)c3cccc(N4CCC5(CC4)COCCN5)c3C2=O)C(=O)N1. The number of anilines is 1. The van der Waals surface area contributed by atoms with E-state index in [0.29, 0.717) is 17.7 Å². The molecule has 158 valence electrons. The van der Waals surface area contributed by atoms with Crippen LogP contribution in [0.4, 0.5) is 5.69 Å². The Balaban J connectivity index is 1.40. The van der Waals surface area contributed by atoms with Crippen molar-refractivity contribution in [2.24, 2.45) is 0 Å². The van der Waals surface area contributed by atoms with Crippen LogP contribution in [0.5, 0.6) is 0 Å². The highest BCUT2D eigenvalue weighted by atomic mass is 16.5. The smallest absolute Gasteiger partial charge is 0.264 e. The van der Waals surface area contributed by atoms with Gasteiger partial charge in [0.05, 0.1) is 30.0 Å². The summed E-state index contributed by atoms with van der Waals surface area (Å²) in [5, 5.41) is 5.81. The van der Waals surface area contributed by atoms with Gasteiger partial charge in [-0.1, -0.05) is 6.07 Å². The second-order valence-electron chi connectivity index (χ2n) is 8.39. The van der Waals surface area contributed by atoms with Gasteiger partial charge in [-0.2, -0.15) is 0 Å². The van der Waals surface area contributed by atoms with Crippen molar-refractivity contribution in [1.29, 1.82) is 0 Å². The standard InChI is InChI=1S/C21H24N4O5/c26-16-5-4-15(18(27)23-16)25-19(28)13-2-1-3-14(17(13)20(25)29)24-9-6-21(7-10-24)12-30-11-8-22-21/h1-3,15,22H,4-12H2,(H,23,26,27). The summed E-state index contributed by atoms with van der Waals surface area (Å²) in [5.74, 6) is -1.90. The molecule has 5 rings (SSSR count). The molecule has 0 bridgehead atoms. The fourth-order valence-electron chi connectivity index (χ4n) is 4.96. The van der Waals surface area contributed by atoms with E-state index in [1.165, 1.54) is 0 Å². The molecule has 0 aromatic heterocycles. The van der Waals surface area contributed by atoms with Gasteiger partial charge >= 0.3 is 0 Å². The molecule has 1 spiro atoms. The topological polar surface area (TPSA) is 108 Å². The molecule has 4 aliphatic rings. The van der Waals surface area contributed by atoms with E-state index in [2.05, 4.69) is 15.5 Å². The molecule has 1 atom stereocenters. The van der Waals surface area contributed by atoms with Crippen LogP contribution in [0.1, 0.15) is 46.4 Å². The van der Waals surface area contributed by atoms with Gasteiger partial charge in [-0.15, -0.1) is 0 Å². The maximum Gasteiger partial charge on any atom is 0.264 e. The van der Waals surface area contributed by atoms with Gasteiger partial charge in [-0.05, 0) is 31.4 Å². The number of carbonyl (C=O) groups is 4. The molecular weight excluding hydrogens is 388 g/mol. The summed E-state index contributed by atoms with van der Waals surface area (Å²) in [5.41, 5.74) is 1.38. The molecule has 1 aromatic rings. The van der Waals surface area contributed by atoms with Gasteiger partial charge in [0, 0.05) is 31.6 Å². The molecule has 9 heteroatoms. The van der Waals surface area contributed by atoms with Crippen molar-refractivity contribution in [3.63, 3.8) is 0 Å². The zero-order valence-corrected chi connectivity index (χ0v) is 16.6. The lowest BCUT2D eigenvalue weighted by Gasteiger charge is -2.45. The number of hydrogen-bond donors (Lipinski definition) is 2. The Hall–Kier alpha value is -2.78. The van der Waals surface area contributed by atoms with Crippen LogP contribution >= 0.6 is 0 Å². The van der Waals surface area contributed by atoms with Crippen LogP contribution in [-0.4, -0.2) is 73.0 Å². The number of piperidine rings is 2. The number of nitrogens with zero attached hydrogens (tertiary/aromatic N) is 2. The highest BCUT2D eigenvalue weighted by Gasteiger charge is 2.46. The molecule has 0 radical (unpaired) electrons. The van der Waals surface area contributed by atoms with Crippen molar-refractivity contribution in [3.05, 3.63) is 29.3 Å². The number of carbonyl (C=O) groups excluding carboxylic acids is 4. The lowest BCUT2D eigenvalue weighted by atomic mass is 9.87. The van der Waals surface area contributed by atoms with Gasteiger partial charge in [-0.25, -0.2) is 0 Å². The monoisotopic (exact) mass is 412 g/mol. The predicted molar refractivity (Wildman–Crippen MR) is 106 cm³/mol. The number of benzene rings is 1. The molecule has 30 heavy (non-hydrogen) atoms. The number of hydrogen-bond acceptors (Lipinski definition) is 7. The number of imide groups is 2. The molecule has 3 saturated heterocycles. The first-order valence-electron chi connectivity index (χ1n) is 10.4. The van der Waals surface area contributed by atoms with E-state index in [-0.39, 0.29) is 24.3 Å². The fraction of sp³-hybridized carbons (Fsp3) is 0.524. The number of ether oxygens (including phenoxy) is 1. The van der Waals surface area contributed by atoms with Gasteiger partial charge in [0.15, 0.2) is 0 Å². The van der Waals surface area contributed by atoms with Crippen LogP contribution in [-0.2, 0) is 14.3 Å². The Labute approximate surface area is 173 Å². The second kappa shape index (κ2) is 7.17. The maximum atomic E-state index is 13.3. The lowest BCUT2D eigenvalue weighted by molar-refractivity contribution is -0.136. The van der Waals surface area contributed by atoms with Crippen molar-refractivity contribution in [3.8, 4) is 0 Å². The van der Waals surface area contributed by atoms with Crippen LogP contribution in [0.3, 0.4) is 0 Å². The first-order valence-corrected chi connectivity index (χ1v) is 10.4. The summed E-state index contributed by atoms with van der Waals surface area (Å²) >= 11 is 0. The van der Waals surface area contributed by atoms with Crippen LogP contribution in [0.15, 0.2) is 18.2 Å². The van der Waals surface area contributed by atoms with Crippen molar-refractivity contribution < 1.29 is 23.9 Å². The quantitative estimate of drug-likeness (QED) is 0.661. The minimum Gasteiger partial charge on any atom is -0.378 e. The van der Waals surface area contributed by atoms with Crippen molar-refractivity contribution in [2.45, 2.75) is 37.3 Å². The Morgan fingerprint density at radius 2 is 1.87 bits per heavy atom. The lowest BCUT2D eigenvalue weighted by Crippen LogP contribution is -2.59. The van der Waals surface area contributed by atoms with E-state index in [9.17, 15) is 19.2 Å². The van der Waals surface area contributed by atoms with E-state index in [4.69, 9.17) is 4.74 Å². The van der Waals surface area contributed by atoms with Gasteiger partial charge in [0.2, 0.25) is 11.8 Å². The third-order valence-corrected chi connectivity index (χ3v) is 6.63. The van der Waals surface area contributed by atoms with Crippen molar-refractivity contribution >= 4 is 29.3 Å². The summed E-state index contributed by atoms with van der Waals surface area (Å²) in [6, 6.07) is 4.32. The van der Waals surface area contributed by atoms with E-state index in [1.807, 2.05) is 6.07 Å². The molecule has 4 aliphatic heterocycles. The highest BCUT2D eigenvalue weighted by Crippen LogP contribution is 2.36. The molecule has 3 fully saturated rings. The van der Waals surface area contributed by atoms with E-state index < -0.39 is 23.8 Å². The molecular formula is C21H24N4O5. The first kappa shape index (κ1) is 19.2. The normalized spacial score (nSPS) is 26.2.